The van der Waals surface area contributed by atoms with E-state index in [1.165, 1.54) is 20.8 Å². The molecule has 0 heterocycles. The molecule has 1 aromatic carbocycles. The number of rotatable bonds is 5. The van der Waals surface area contributed by atoms with Crippen LogP contribution in [0.4, 0.5) is 0 Å². The summed E-state index contributed by atoms with van der Waals surface area (Å²) in [4.78, 5) is 49.9. The molecule has 9 nitrogen and oxygen atoms in total. The molecule has 0 amide bonds. The average molecular weight is 585 g/mol. The molecule has 9 heteroatoms. The van der Waals surface area contributed by atoms with Crippen LogP contribution in [0.15, 0.2) is 54.1 Å². The van der Waals surface area contributed by atoms with Gasteiger partial charge in [-0.05, 0) is 37.0 Å². The Hall–Kier alpha value is -3.46. The molecule has 1 aromatic rings. The summed E-state index contributed by atoms with van der Waals surface area (Å²) in [5.41, 5.74) is -1.39. The van der Waals surface area contributed by atoms with E-state index in [1.54, 1.807) is 43.3 Å². The quantitative estimate of drug-likeness (QED) is 0.290. The van der Waals surface area contributed by atoms with E-state index in [-0.39, 0.29) is 18.8 Å². The third-order valence-corrected chi connectivity index (χ3v) is 8.31. The summed E-state index contributed by atoms with van der Waals surface area (Å²) in [6.45, 7) is 13.2. The van der Waals surface area contributed by atoms with E-state index >= 15 is 0 Å². The van der Waals surface area contributed by atoms with Crippen molar-refractivity contribution in [2.45, 2.75) is 98.2 Å². The zero-order valence-corrected chi connectivity index (χ0v) is 25.8. The molecule has 0 unspecified atom stereocenters. The molecule has 0 radical (unpaired) electrons. The highest BCUT2D eigenvalue weighted by molar-refractivity contribution is 5.89. The van der Waals surface area contributed by atoms with Crippen LogP contribution < -0.4 is 0 Å². The molecule has 42 heavy (non-hydrogen) atoms. The molecule has 0 aromatic heterocycles. The molecule has 0 saturated heterocycles. The van der Waals surface area contributed by atoms with Crippen LogP contribution in [0.3, 0.4) is 0 Å². The first-order valence-corrected chi connectivity index (χ1v) is 14.4. The lowest BCUT2D eigenvalue weighted by Gasteiger charge is -2.41. The summed E-state index contributed by atoms with van der Waals surface area (Å²) in [5.74, 6) is -3.71. The number of hydrogen-bond donors (Lipinski definition) is 1. The smallest absolute Gasteiger partial charge is 0.338 e. The van der Waals surface area contributed by atoms with E-state index in [0.29, 0.717) is 11.1 Å². The van der Waals surface area contributed by atoms with Gasteiger partial charge in [-0.25, -0.2) is 4.79 Å². The van der Waals surface area contributed by atoms with Gasteiger partial charge in [-0.15, -0.1) is 0 Å². The van der Waals surface area contributed by atoms with Crippen LogP contribution >= 0.6 is 0 Å². The second-order valence-corrected chi connectivity index (χ2v) is 12.3. The van der Waals surface area contributed by atoms with Crippen LogP contribution in [0.2, 0.25) is 0 Å². The van der Waals surface area contributed by atoms with E-state index in [4.69, 9.17) is 18.9 Å². The summed E-state index contributed by atoms with van der Waals surface area (Å²) in [5, 5.41) is 12.5. The standard InChI is InChI=1S/C33H44O9/c1-19-14-15-32(7,8)28(40-23(5)35)17-27(39-22(4)34)20(2)16-26-29(42-31(37)25-12-10-9-11-13-25)21(3)18-33(26,38)30(19)41-24(6)36/h9-16,19,21,26-30,38H,17-18H2,1-8H3/b15-14?,20-16-/t19-,21-,26-,27+,28+,29-,30-,33+/m0/s1. The highest BCUT2D eigenvalue weighted by atomic mass is 16.6. The topological polar surface area (TPSA) is 125 Å². The maximum atomic E-state index is 13.2. The molecule has 0 bridgehead atoms. The third kappa shape index (κ3) is 7.68. The molecular formula is C33H44O9. The van der Waals surface area contributed by atoms with Gasteiger partial charge < -0.3 is 24.1 Å². The van der Waals surface area contributed by atoms with E-state index in [9.17, 15) is 24.3 Å². The molecule has 2 aliphatic rings. The van der Waals surface area contributed by atoms with Crippen molar-refractivity contribution in [3.05, 3.63) is 59.7 Å². The van der Waals surface area contributed by atoms with Gasteiger partial charge >= 0.3 is 23.9 Å². The second-order valence-electron chi connectivity index (χ2n) is 12.3. The molecule has 1 saturated carbocycles. The normalized spacial score (nSPS) is 33.9. The van der Waals surface area contributed by atoms with Crippen LogP contribution in [0.1, 0.15) is 78.6 Å². The van der Waals surface area contributed by atoms with Crippen molar-refractivity contribution in [2.24, 2.45) is 23.2 Å². The Morgan fingerprint density at radius 2 is 1.48 bits per heavy atom. The Balaban J connectivity index is 2.20. The van der Waals surface area contributed by atoms with Gasteiger partial charge in [-0.2, -0.15) is 0 Å². The first-order valence-electron chi connectivity index (χ1n) is 14.4. The van der Waals surface area contributed by atoms with Crippen LogP contribution in [0, 0.1) is 23.2 Å². The number of benzene rings is 1. The summed E-state index contributed by atoms with van der Waals surface area (Å²) in [6, 6.07) is 8.57. The molecule has 0 spiro atoms. The van der Waals surface area contributed by atoms with Crippen molar-refractivity contribution >= 4 is 23.9 Å². The molecule has 8 atom stereocenters. The van der Waals surface area contributed by atoms with Gasteiger partial charge in [0.25, 0.3) is 0 Å². The number of aliphatic hydroxyl groups is 1. The van der Waals surface area contributed by atoms with Crippen LogP contribution in [-0.2, 0) is 33.3 Å². The molecule has 1 fully saturated rings. The fourth-order valence-corrected chi connectivity index (χ4v) is 6.17. The SMILES string of the molecule is CC(=O)O[C@@H]1C[C@@H](OC(C)=O)C(C)(C)C=C[C@H](C)[C@H](OC(C)=O)[C@@]2(O)C[C@H](C)[C@H](OC(=O)c3ccccc3)[C@@H]2/C=C\1C. The Bertz CT molecular complexity index is 1220. The zero-order chi connectivity index (χ0) is 31.4. The van der Waals surface area contributed by atoms with Crippen LogP contribution in [0.25, 0.3) is 0 Å². The summed E-state index contributed by atoms with van der Waals surface area (Å²) in [7, 11) is 0. The predicted octanol–water partition coefficient (Wildman–Crippen LogP) is 4.96. The average Bonchev–Trinajstić information content (AvgIpc) is 3.13. The first-order chi connectivity index (χ1) is 19.5. The van der Waals surface area contributed by atoms with Crippen molar-refractivity contribution in [3.8, 4) is 0 Å². The zero-order valence-electron chi connectivity index (χ0n) is 25.8. The lowest BCUT2D eigenvalue weighted by Crippen LogP contribution is -2.52. The van der Waals surface area contributed by atoms with E-state index in [1.807, 2.05) is 39.8 Å². The van der Waals surface area contributed by atoms with Gasteiger partial charge in [-0.1, -0.05) is 64.1 Å². The Morgan fingerprint density at radius 3 is 2.05 bits per heavy atom. The second kappa shape index (κ2) is 13.2. The molecule has 0 aliphatic heterocycles. The van der Waals surface area contributed by atoms with Crippen molar-refractivity contribution in [3.63, 3.8) is 0 Å². The number of fused-ring (bicyclic) bond motifs is 1. The molecule has 230 valence electrons. The van der Waals surface area contributed by atoms with Gasteiger partial charge in [-0.3, -0.25) is 14.4 Å². The van der Waals surface area contributed by atoms with Gasteiger partial charge in [0.1, 0.15) is 30.0 Å². The minimum absolute atomic E-state index is 0.162. The number of ether oxygens (including phenoxy) is 4. The Kier molecular flexibility index (Phi) is 10.4. The maximum absolute atomic E-state index is 13.2. The van der Waals surface area contributed by atoms with Crippen LogP contribution in [-0.4, -0.2) is 59.0 Å². The van der Waals surface area contributed by atoms with Gasteiger partial charge in [0.15, 0.2) is 0 Å². The van der Waals surface area contributed by atoms with Crippen molar-refractivity contribution in [2.75, 3.05) is 0 Å². The predicted molar refractivity (Wildman–Crippen MR) is 155 cm³/mol. The van der Waals surface area contributed by atoms with Gasteiger partial charge in [0.05, 0.1) is 5.56 Å². The number of esters is 4. The largest absolute Gasteiger partial charge is 0.461 e. The minimum atomic E-state index is -1.63. The lowest BCUT2D eigenvalue weighted by atomic mass is 9.75. The van der Waals surface area contributed by atoms with Gasteiger partial charge in [0.2, 0.25) is 0 Å². The lowest BCUT2D eigenvalue weighted by molar-refractivity contribution is -0.173. The van der Waals surface area contributed by atoms with Crippen molar-refractivity contribution in [1.29, 1.82) is 0 Å². The number of carbonyl (C=O) groups is 4. The molecule has 1 N–H and O–H groups in total. The highest BCUT2D eigenvalue weighted by Crippen LogP contribution is 2.48. The van der Waals surface area contributed by atoms with Crippen molar-refractivity contribution in [1.82, 2.24) is 0 Å². The fourth-order valence-electron chi connectivity index (χ4n) is 6.17. The summed E-state index contributed by atoms with van der Waals surface area (Å²) < 4.78 is 23.3. The summed E-state index contributed by atoms with van der Waals surface area (Å²) >= 11 is 0. The van der Waals surface area contributed by atoms with E-state index < -0.39 is 71.1 Å². The number of hydrogen-bond acceptors (Lipinski definition) is 9. The Labute approximate surface area is 248 Å². The molecule has 3 rings (SSSR count). The number of carbonyl (C=O) groups excluding carboxylic acids is 4. The molecular weight excluding hydrogens is 540 g/mol. The Morgan fingerprint density at radius 1 is 0.881 bits per heavy atom. The first kappa shape index (κ1) is 33.0. The summed E-state index contributed by atoms with van der Waals surface area (Å²) in [6.07, 6.45) is 2.54. The van der Waals surface area contributed by atoms with Gasteiger partial charge in [0, 0.05) is 44.4 Å². The van der Waals surface area contributed by atoms with E-state index in [0.717, 1.165) is 0 Å². The van der Waals surface area contributed by atoms with Crippen molar-refractivity contribution < 1.29 is 43.2 Å². The minimum Gasteiger partial charge on any atom is -0.461 e. The third-order valence-electron chi connectivity index (χ3n) is 8.31. The van der Waals surface area contributed by atoms with E-state index in [2.05, 4.69) is 0 Å². The van der Waals surface area contributed by atoms with Crippen LogP contribution in [0.5, 0.6) is 0 Å². The molecule has 2 aliphatic carbocycles. The maximum Gasteiger partial charge on any atom is 0.338 e. The highest BCUT2D eigenvalue weighted by Gasteiger charge is 2.58. The monoisotopic (exact) mass is 584 g/mol. The fraction of sp³-hybridized carbons (Fsp3) is 0.576.